The molecule has 136 valence electrons. The maximum absolute atomic E-state index is 12.1. The zero-order chi connectivity index (χ0) is 18.4. The first kappa shape index (κ1) is 17.6. The third-order valence-corrected chi connectivity index (χ3v) is 3.70. The van der Waals surface area contributed by atoms with E-state index in [1.54, 1.807) is 30.3 Å². The van der Waals surface area contributed by atoms with Gasteiger partial charge in [-0.3, -0.25) is 9.59 Å². The monoisotopic (exact) mass is 356 g/mol. The lowest BCUT2D eigenvalue weighted by Crippen LogP contribution is -2.44. The number of hydrogen-bond donors (Lipinski definition) is 2. The van der Waals surface area contributed by atoms with Gasteiger partial charge in [0.2, 0.25) is 0 Å². The Balaban J connectivity index is 1.52. The molecule has 0 saturated heterocycles. The van der Waals surface area contributed by atoms with Crippen LogP contribution in [0.25, 0.3) is 0 Å². The molecular formula is C19H20N2O5. The summed E-state index contributed by atoms with van der Waals surface area (Å²) in [5.74, 6) is 0.276. The van der Waals surface area contributed by atoms with Crippen molar-refractivity contribution in [2.24, 2.45) is 0 Å². The highest BCUT2D eigenvalue weighted by Gasteiger charge is 2.23. The first-order chi connectivity index (χ1) is 12.7. The lowest BCUT2D eigenvalue weighted by atomic mass is 10.2. The second kappa shape index (κ2) is 8.24. The van der Waals surface area contributed by atoms with E-state index in [1.165, 1.54) is 0 Å². The SMILES string of the molecule is CCOc1ccccc1NC(=O)C(=O)NCC1COc2ccccc2O1. The number of fused-ring (bicyclic) bond motifs is 1. The fraction of sp³-hybridized carbons (Fsp3) is 0.263. The minimum Gasteiger partial charge on any atom is -0.492 e. The van der Waals surface area contributed by atoms with E-state index < -0.39 is 11.8 Å². The molecule has 7 heteroatoms. The Morgan fingerprint density at radius 2 is 1.81 bits per heavy atom. The molecule has 0 radical (unpaired) electrons. The largest absolute Gasteiger partial charge is 0.492 e. The second-order valence-electron chi connectivity index (χ2n) is 5.59. The minimum absolute atomic E-state index is 0.160. The standard InChI is InChI=1S/C19H20N2O5/c1-2-24-15-8-4-3-7-14(15)21-19(23)18(22)20-11-13-12-25-16-9-5-6-10-17(16)26-13/h3-10,13H,2,11-12H2,1H3,(H,20,22)(H,21,23). The van der Waals surface area contributed by atoms with Crippen LogP contribution in [-0.4, -0.2) is 37.7 Å². The smallest absolute Gasteiger partial charge is 0.313 e. The first-order valence-electron chi connectivity index (χ1n) is 8.37. The number of ether oxygens (including phenoxy) is 3. The molecule has 2 N–H and O–H groups in total. The molecule has 0 aliphatic carbocycles. The van der Waals surface area contributed by atoms with Gasteiger partial charge in [0.25, 0.3) is 0 Å². The van der Waals surface area contributed by atoms with Crippen LogP contribution in [0.3, 0.4) is 0 Å². The molecule has 0 fully saturated rings. The highest BCUT2D eigenvalue weighted by Crippen LogP contribution is 2.30. The van der Waals surface area contributed by atoms with Gasteiger partial charge in [-0.15, -0.1) is 0 Å². The molecule has 2 aromatic rings. The van der Waals surface area contributed by atoms with Crippen LogP contribution in [0, 0.1) is 0 Å². The molecule has 7 nitrogen and oxygen atoms in total. The number of benzene rings is 2. The molecule has 3 rings (SSSR count). The Hall–Kier alpha value is -3.22. The van der Waals surface area contributed by atoms with Gasteiger partial charge >= 0.3 is 11.8 Å². The Morgan fingerprint density at radius 3 is 2.62 bits per heavy atom. The quantitative estimate of drug-likeness (QED) is 0.800. The van der Waals surface area contributed by atoms with Gasteiger partial charge in [0.05, 0.1) is 18.8 Å². The molecule has 1 atom stereocenters. The molecule has 2 aromatic carbocycles. The third kappa shape index (κ3) is 4.24. The molecule has 1 unspecified atom stereocenters. The van der Waals surface area contributed by atoms with Crippen LogP contribution in [0.5, 0.6) is 17.2 Å². The van der Waals surface area contributed by atoms with Crippen LogP contribution in [0.4, 0.5) is 5.69 Å². The fourth-order valence-electron chi connectivity index (χ4n) is 2.48. The summed E-state index contributed by atoms with van der Waals surface area (Å²) < 4.78 is 16.7. The average molecular weight is 356 g/mol. The van der Waals surface area contributed by atoms with Crippen LogP contribution < -0.4 is 24.8 Å². The van der Waals surface area contributed by atoms with Gasteiger partial charge < -0.3 is 24.8 Å². The highest BCUT2D eigenvalue weighted by molar-refractivity contribution is 6.39. The molecule has 1 heterocycles. The van der Waals surface area contributed by atoms with Crippen LogP contribution in [0.2, 0.25) is 0 Å². The summed E-state index contributed by atoms with van der Waals surface area (Å²) in [5, 5.41) is 5.11. The van der Waals surface area contributed by atoms with Crippen LogP contribution in [0.1, 0.15) is 6.92 Å². The summed E-state index contributed by atoms with van der Waals surface area (Å²) in [6.45, 7) is 2.76. The van der Waals surface area contributed by atoms with Gasteiger partial charge in [-0.25, -0.2) is 0 Å². The Labute approximate surface area is 151 Å². The fourth-order valence-corrected chi connectivity index (χ4v) is 2.48. The van der Waals surface area contributed by atoms with Gasteiger partial charge in [-0.1, -0.05) is 24.3 Å². The lowest BCUT2D eigenvalue weighted by Gasteiger charge is -2.26. The molecule has 0 bridgehead atoms. The number of para-hydroxylation sites is 4. The van der Waals surface area contributed by atoms with Crippen molar-refractivity contribution in [1.29, 1.82) is 0 Å². The maximum Gasteiger partial charge on any atom is 0.313 e. The number of rotatable bonds is 5. The summed E-state index contributed by atoms with van der Waals surface area (Å²) >= 11 is 0. The zero-order valence-electron chi connectivity index (χ0n) is 14.4. The van der Waals surface area contributed by atoms with Crippen molar-refractivity contribution in [2.75, 3.05) is 25.1 Å². The third-order valence-electron chi connectivity index (χ3n) is 3.70. The van der Waals surface area contributed by atoms with Gasteiger partial charge in [-0.2, -0.15) is 0 Å². The zero-order valence-corrected chi connectivity index (χ0v) is 14.4. The Bertz CT molecular complexity index is 793. The molecule has 0 spiro atoms. The summed E-state index contributed by atoms with van der Waals surface area (Å²) in [6.07, 6.45) is -0.364. The Kier molecular flexibility index (Phi) is 5.58. The maximum atomic E-state index is 12.1. The van der Waals surface area contributed by atoms with Gasteiger partial charge in [0, 0.05) is 0 Å². The number of carbonyl (C=O) groups is 2. The Morgan fingerprint density at radius 1 is 1.08 bits per heavy atom. The summed E-state index contributed by atoms with van der Waals surface area (Å²) in [5.41, 5.74) is 0.445. The molecule has 26 heavy (non-hydrogen) atoms. The van der Waals surface area contributed by atoms with Gasteiger partial charge in [0.1, 0.15) is 18.5 Å². The normalized spacial score (nSPS) is 15.0. The van der Waals surface area contributed by atoms with Crippen molar-refractivity contribution in [3.05, 3.63) is 48.5 Å². The summed E-state index contributed by atoms with van der Waals surface area (Å²) in [7, 11) is 0. The van der Waals surface area contributed by atoms with Gasteiger partial charge in [0.15, 0.2) is 11.5 Å². The predicted octanol–water partition coefficient (Wildman–Crippen LogP) is 1.98. The van der Waals surface area contributed by atoms with Crippen LogP contribution in [0.15, 0.2) is 48.5 Å². The van der Waals surface area contributed by atoms with Crippen molar-refractivity contribution >= 4 is 17.5 Å². The van der Waals surface area contributed by atoms with Crippen molar-refractivity contribution in [3.63, 3.8) is 0 Å². The number of anilines is 1. The molecule has 1 aliphatic rings. The van der Waals surface area contributed by atoms with Crippen LogP contribution in [-0.2, 0) is 9.59 Å². The lowest BCUT2D eigenvalue weighted by molar-refractivity contribution is -0.136. The van der Waals surface area contributed by atoms with E-state index in [4.69, 9.17) is 14.2 Å². The molecule has 2 amide bonds. The predicted molar refractivity (Wildman–Crippen MR) is 95.6 cm³/mol. The number of nitrogens with one attached hydrogen (secondary N) is 2. The van der Waals surface area contributed by atoms with E-state index in [1.807, 2.05) is 25.1 Å². The van der Waals surface area contributed by atoms with Gasteiger partial charge in [-0.05, 0) is 31.2 Å². The van der Waals surface area contributed by atoms with E-state index in [9.17, 15) is 9.59 Å². The van der Waals surface area contributed by atoms with Crippen molar-refractivity contribution < 1.29 is 23.8 Å². The van der Waals surface area contributed by atoms with E-state index in [-0.39, 0.29) is 12.6 Å². The molecular weight excluding hydrogens is 336 g/mol. The topological polar surface area (TPSA) is 85.9 Å². The minimum atomic E-state index is -0.769. The number of amides is 2. The number of carbonyl (C=O) groups excluding carboxylic acids is 2. The van der Waals surface area contributed by atoms with E-state index in [0.29, 0.717) is 36.1 Å². The second-order valence-corrected chi connectivity index (χ2v) is 5.59. The van der Waals surface area contributed by atoms with E-state index in [2.05, 4.69) is 10.6 Å². The summed E-state index contributed by atoms with van der Waals surface area (Å²) in [4.78, 5) is 24.1. The first-order valence-corrected chi connectivity index (χ1v) is 8.37. The molecule has 0 aromatic heterocycles. The van der Waals surface area contributed by atoms with Crippen molar-refractivity contribution in [2.45, 2.75) is 13.0 Å². The highest BCUT2D eigenvalue weighted by atomic mass is 16.6. The van der Waals surface area contributed by atoms with Crippen molar-refractivity contribution in [3.8, 4) is 17.2 Å². The summed E-state index contributed by atoms with van der Waals surface area (Å²) in [6, 6.07) is 14.2. The van der Waals surface area contributed by atoms with E-state index >= 15 is 0 Å². The number of hydrogen-bond acceptors (Lipinski definition) is 5. The average Bonchev–Trinajstić information content (AvgIpc) is 2.67. The van der Waals surface area contributed by atoms with Crippen LogP contribution >= 0.6 is 0 Å². The van der Waals surface area contributed by atoms with E-state index in [0.717, 1.165) is 0 Å². The molecule has 0 saturated carbocycles. The van der Waals surface area contributed by atoms with Crippen molar-refractivity contribution in [1.82, 2.24) is 5.32 Å². The molecule has 1 aliphatic heterocycles.